The first-order valence-corrected chi connectivity index (χ1v) is 6.12. The summed E-state index contributed by atoms with van der Waals surface area (Å²) in [7, 11) is 1.24. The molecule has 100 valence electrons. The van der Waals surface area contributed by atoms with E-state index in [0.717, 1.165) is 5.56 Å². The minimum absolute atomic E-state index is 0.00484. The maximum absolute atomic E-state index is 13.6. The van der Waals surface area contributed by atoms with Crippen LogP contribution in [0.3, 0.4) is 0 Å². The van der Waals surface area contributed by atoms with Crippen LogP contribution in [-0.4, -0.2) is 22.6 Å². The summed E-state index contributed by atoms with van der Waals surface area (Å²) in [5.41, 5.74) is 7.14. The molecule has 0 spiro atoms. The maximum Gasteiger partial charge on any atom is 0.360 e. The normalized spacial score (nSPS) is 10.5. The Balaban J connectivity index is 2.57. The quantitative estimate of drug-likeness (QED) is 0.860. The Morgan fingerprint density at radius 3 is 2.84 bits per heavy atom. The monoisotopic (exact) mass is 327 g/mol. The van der Waals surface area contributed by atoms with Crippen LogP contribution in [-0.2, 0) is 4.74 Å². The van der Waals surface area contributed by atoms with E-state index < -0.39 is 11.8 Å². The average molecular weight is 328 g/mol. The standard InChI is InChI=1S/C12H11BrFN3O2/c1-6-3-7(13)8(14)4-9(6)17-5-16-10(11(17)15)12(18)19-2/h3-5H,15H2,1-2H3. The van der Waals surface area contributed by atoms with Gasteiger partial charge in [0.1, 0.15) is 18.0 Å². The molecular weight excluding hydrogens is 317 g/mol. The number of benzene rings is 1. The molecule has 2 N–H and O–H groups in total. The van der Waals surface area contributed by atoms with Crippen molar-refractivity contribution in [2.24, 2.45) is 0 Å². The summed E-state index contributed by atoms with van der Waals surface area (Å²) < 4.78 is 20.0. The van der Waals surface area contributed by atoms with Gasteiger partial charge in [-0.15, -0.1) is 0 Å². The minimum Gasteiger partial charge on any atom is -0.464 e. The van der Waals surface area contributed by atoms with Gasteiger partial charge in [0.25, 0.3) is 0 Å². The van der Waals surface area contributed by atoms with Gasteiger partial charge in [0.05, 0.1) is 17.3 Å². The second-order valence-electron chi connectivity index (χ2n) is 3.89. The molecule has 2 aromatic rings. The molecule has 0 fully saturated rings. The molecule has 0 saturated heterocycles. The van der Waals surface area contributed by atoms with Gasteiger partial charge in [-0.25, -0.2) is 14.2 Å². The number of aryl methyl sites for hydroxylation is 1. The summed E-state index contributed by atoms with van der Waals surface area (Å²) in [5.74, 6) is -0.948. The summed E-state index contributed by atoms with van der Waals surface area (Å²) >= 11 is 3.11. The van der Waals surface area contributed by atoms with E-state index in [1.165, 1.54) is 24.1 Å². The maximum atomic E-state index is 13.6. The lowest BCUT2D eigenvalue weighted by molar-refractivity contribution is 0.0596. The molecule has 1 aromatic carbocycles. The van der Waals surface area contributed by atoms with E-state index in [9.17, 15) is 9.18 Å². The Labute approximate surface area is 117 Å². The first-order chi connectivity index (χ1) is 8.95. The number of aromatic nitrogens is 2. The molecule has 0 unspecified atom stereocenters. The summed E-state index contributed by atoms with van der Waals surface area (Å²) in [6.07, 6.45) is 1.36. The molecule has 5 nitrogen and oxygen atoms in total. The summed E-state index contributed by atoms with van der Waals surface area (Å²) in [6, 6.07) is 2.94. The van der Waals surface area contributed by atoms with Crippen molar-refractivity contribution < 1.29 is 13.9 Å². The number of hydrogen-bond acceptors (Lipinski definition) is 4. The van der Waals surface area contributed by atoms with Crippen LogP contribution in [0.15, 0.2) is 22.9 Å². The van der Waals surface area contributed by atoms with Crippen molar-refractivity contribution in [1.82, 2.24) is 9.55 Å². The fraction of sp³-hybridized carbons (Fsp3) is 0.167. The number of anilines is 1. The van der Waals surface area contributed by atoms with Gasteiger partial charge in [-0.05, 0) is 40.5 Å². The van der Waals surface area contributed by atoms with Gasteiger partial charge in [-0.1, -0.05) is 0 Å². The van der Waals surface area contributed by atoms with Crippen LogP contribution >= 0.6 is 15.9 Å². The largest absolute Gasteiger partial charge is 0.464 e. The molecule has 0 aliphatic heterocycles. The van der Waals surface area contributed by atoms with Gasteiger partial charge >= 0.3 is 5.97 Å². The highest BCUT2D eigenvalue weighted by atomic mass is 79.9. The van der Waals surface area contributed by atoms with E-state index in [2.05, 4.69) is 25.7 Å². The SMILES string of the molecule is COC(=O)c1ncn(-c2cc(F)c(Br)cc2C)c1N. The summed E-state index contributed by atoms with van der Waals surface area (Å²) in [5, 5.41) is 0. The first kappa shape index (κ1) is 13.5. The Hall–Kier alpha value is -1.89. The number of methoxy groups -OCH3 is 1. The van der Waals surface area contributed by atoms with Crippen LogP contribution in [0.2, 0.25) is 0 Å². The van der Waals surface area contributed by atoms with E-state index in [4.69, 9.17) is 5.73 Å². The molecule has 0 aliphatic rings. The third-order valence-electron chi connectivity index (χ3n) is 2.68. The number of nitrogen functional groups attached to an aromatic ring is 1. The van der Waals surface area contributed by atoms with Crippen LogP contribution in [0.4, 0.5) is 10.2 Å². The number of imidazole rings is 1. The van der Waals surface area contributed by atoms with Crippen molar-refractivity contribution in [2.45, 2.75) is 6.92 Å². The van der Waals surface area contributed by atoms with Crippen LogP contribution < -0.4 is 5.73 Å². The average Bonchev–Trinajstić information content (AvgIpc) is 2.75. The molecule has 7 heteroatoms. The molecule has 1 heterocycles. The number of rotatable bonds is 2. The van der Waals surface area contributed by atoms with Crippen LogP contribution in [0.1, 0.15) is 16.1 Å². The van der Waals surface area contributed by atoms with Crippen molar-refractivity contribution in [3.63, 3.8) is 0 Å². The predicted octanol–water partition coefficient (Wildman–Crippen LogP) is 2.45. The first-order valence-electron chi connectivity index (χ1n) is 5.33. The van der Waals surface area contributed by atoms with Gasteiger partial charge in [0, 0.05) is 0 Å². The third-order valence-corrected chi connectivity index (χ3v) is 3.29. The van der Waals surface area contributed by atoms with E-state index in [1.54, 1.807) is 13.0 Å². The van der Waals surface area contributed by atoms with Crippen molar-refractivity contribution in [3.8, 4) is 5.69 Å². The molecule has 1 aromatic heterocycles. The summed E-state index contributed by atoms with van der Waals surface area (Å²) in [4.78, 5) is 15.3. The number of nitrogens with two attached hydrogens (primary N) is 1. The number of hydrogen-bond donors (Lipinski definition) is 1. The highest BCUT2D eigenvalue weighted by Gasteiger charge is 2.18. The van der Waals surface area contributed by atoms with Gasteiger partial charge < -0.3 is 10.5 Å². The van der Waals surface area contributed by atoms with E-state index in [0.29, 0.717) is 10.2 Å². The van der Waals surface area contributed by atoms with Gasteiger partial charge in [-0.2, -0.15) is 0 Å². The van der Waals surface area contributed by atoms with Crippen LogP contribution in [0.25, 0.3) is 5.69 Å². The van der Waals surface area contributed by atoms with Crippen LogP contribution in [0.5, 0.6) is 0 Å². The molecular formula is C12H11BrFN3O2. The number of nitrogens with zero attached hydrogens (tertiary/aromatic N) is 2. The zero-order chi connectivity index (χ0) is 14.2. The van der Waals surface area contributed by atoms with Gasteiger partial charge in [0.2, 0.25) is 0 Å². The number of esters is 1. The van der Waals surface area contributed by atoms with Crippen molar-refractivity contribution >= 4 is 27.7 Å². The fourth-order valence-electron chi connectivity index (χ4n) is 1.70. The highest BCUT2D eigenvalue weighted by Crippen LogP contribution is 2.26. The Morgan fingerprint density at radius 2 is 2.21 bits per heavy atom. The predicted molar refractivity (Wildman–Crippen MR) is 71.7 cm³/mol. The Morgan fingerprint density at radius 1 is 1.53 bits per heavy atom. The zero-order valence-electron chi connectivity index (χ0n) is 10.3. The molecule has 0 bridgehead atoms. The van der Waals surface area contributed by atoms with Gasteiger partial charge in [0.15, 0.2) is 5.69 Å². The van der Waals surface area contributed by atoms with E-state index in [1.807, 2.05) is 0 Å². The fourth-order valence-corrected chi connectivity index (χ4v) is 2.16. The topological polar surface area (TPSA) is 70.1 Å². The van der Waals surface area contributed by atoms with E-state index in [-0.39, 0.29) is 11.5 Å². The second-order valence-corrected chi connectivity index (χ2v) is 4.75. The Kier molecular flexibility index (Phi) is 3.57. The smallest absolute Gasteiger partial charge is 0.360 e. The highest BCUT2D eigenvalue weighted by molar-refractivity contribution is 9.10. The Bertz CT molecular complexity index is 655. The van der Waals surface area contributed by atoms with Crippen molar-refractivity contribution in [2.75, 3.05) is 12.8 Å². The molecule has 0 saturated carbocycles. The molecule has 0 amide bonds. The lowest BCUT2D eigenvalue weighted by Gasteiger charge is -2.10. The third kappa shape index (κ3) is 2.33. The van der Waals surface area contributed by atoms with Crippen LogP contribution in [0, 0.1) is 12.7 Å². The van der Waals surface area contributed by atoms with E-state index >= 15 is 0 Å². The van der Waals surface area contributed by atoms with Gasteiger partial charge in [-0.3, -0.25) is 4.57 Å². The summed E-state index contributed by atoms with van der Waals surface area (Å²) in [6.45, 7) is 1.80. The minimum atomic E-state index is -0.633. The molecule has 0 atom stereocenters. The molecule has 2 rings (SSSR count). The lowest BCUT2D eigenvalue weighted by atomic mass is 10.2. The molecule has 0 radical (unpaired) electrons. The number of carbonyl (C=O) groups is 1. The number of halogens is 2. The number of ether oxygens (including phenoxy) is 1. The second kappa shape index (κ2) is 5.00. The number of carbonyl (C=O) groups excluding carboxylic acids is 1. The lowest BCUT2D eigenvalue weighted by Crippen LogP contribution is -2.08. The van der Waals surface area contributed by atoms with Crippen molar-refractivity contribution in [1.29, 1.82) is 0 Å². The van der Waals surface area contributed by atoms with Crippen molar-refractivity contribution in [3.05, 3.63) is 40.0 Å². The molecule has 19 heavy (non-hydrogen) atoms. The molecule has 0 aliphatic carbocycles. The zero-order valence-corrected chi connectivity index (χ0v) is 11.9.